The Hall–Kier alpha value is -0.500. The number of carbonyl (C=O) groups excluding carboxylic acids is 1. The molecule has 0 rings (SSSR count). The maximum Gasteiger partial charge on any atom is 0.268 e. The van der Waals surface area contributed by atoms with Gasteiger partial charge in [0.25, 0.3) is 7.82 Å². The average molecular weight is 523 g/mol. The number of likely N-dealkylation sites (N-methyl/N-ethyl adjacent to an activating group) is 1. The second kappa shape index (κ2) is 21.6. The molecule has 0 aliphatic carbocycles. The second-order valence-corrected chi connectivity index (χ2v) is 12.1. The summed E-state index contributed by atoms with van der Waals surface area (Å²) in [6.45, 7) is 2.04. The lowest BCUT2D eigenvalue weighted by molar-refractivity contribution is -0.870. The number of phosphoric acid groups is 1. The van der Waals surface area contributed by atoms with E-state index in [2.05, 4.69) is 12.2 Å². The highest BCUT2D eigenvalue weighted by Gasteiger charge is 2.17. The van der Waals surface area contributed by atoms with Crippen molar-refractivity contribution in [1.82, 2.24) is 5.32 Å². The van der Waals surface area contributed by atoms with Crippen LogP contribution in [0.4, 0.5) is 0 Å². The van der Waals surface area contributed by atoms with Crippen LogP contribution in [0.3, 0.4) is 0 Å². The smallest absolute Gasteiger partial charge is 0.268 e. The molecule has 0 fully saturated rings. The Balaban J connectivity index is 3.68. The minimum atomic E-state index is -4.47. The van der Waals surface area contributed by atoms with Crippen LogP contribution in [-0.4, -0.2) is 69.0 Å². The fourth-order valence-corrected chi connectivity index (χ4v) is 4.48. The van der Waals surface area contributed by atoms with E-state index in [1.54, 1.807) is 0 Å². The Morgan fingerprint density at radius 3 is 1.74 bits per heavy atom. The van der Waals surface area contributed by atoms with E-state index in [1.807, 2.05) is 21.1 Å². The third-order valence-electron chi connectivity index (χ3n) is 6.04. The van der Waals surface area contributed by atoms with Crippen molar-refractivity contribution in [2.75, 3.05) is 47.5 Å². The van der Waals surface area contributed by atoms with Gasteiger partial charge in [0.1, 0.15) is 13.2 Å². The van der Waals surface area contributed by atoms with Crippen LogP contribution in [0, 0.1) is 0 Å². The first-order chi connectivity index (χ1) is 16.6. The molecular formula is C26H55N2O6P. The van der Waals surface area contributed by atoms with Crippen LogP contribution in [0.2, 0.25) is 0 Å². The molecule has 0 aliphatic rings. The molecule has 0 spiro atoms. The molecule has 0 saturated heterocycles. The van der Waals surface area contributed by atoms with Gasteiger partial charge in [0.05, 0.1) is 40.4 Å². The van der Waals surface area contributed by atoms with Gasteiger partial charge in [-0.15, -0.1) is 0 Å². The van der Waals surface area contributed by atoms with Crippen LogP contribution in [0.15, 0.2) is 0 Å². The molecule has 8 nitrogen and oxygen atoms in total. The summed E-state index contributed by atoms with van der Waals surface area (Å²) in [5, 5.41) is 12.1. The molecule has 0 radical (unpaired) electrons. The van der Waals surface area contributed by atoms with Gasteiger partial charge in [-0.25, -0.2) is 0 Å². The molecule has 0 saturated carbocycles. The first-order valence-corrected chi connectivity index (χ1v) is 15.4. The zero-order chi connectivity index (χ0) is 26.4. The Morgan fingerprint density at radius 2 is 1.31 bits per heavy atom. The molecule has 0 heterocycles. The van der Waals surface area contributed by atoms with Gasteiger partial charge in [0.15, 0.2) is 0 Å². The van der Waals surface area contributed by atoms with Gasteiger partial charge in [-0.1, -0.05) is 96.8 Å². The minimum Gasteiger partial charge on any atom is -0.756 e. The minimum absolute atomic E-state index is 0.0135. The van der Waals surface area contributed by atoms with Crippen molar-refractivity contribution in [3.05, 3.63) is 0 Å². The second-order valence-electron chi connectivity index (χ2n) is 10.7. The Kier molecular flexibility index (Phi) is 21.3. The van der Waals surface area contributed by atoms with Crippen LogP contribution in [-0.2, 0) is 18.4 Å². The van der Waals surface area contributed by atoms with E-state index in [1.165, 1.54) is 77.0 Å². The fourth-order valence-electron chi connectivity index (χ4n) is 3.74. The normalized spacial score (nSPS) is 14.6. The van der Waals surface area contributed by atoms with E-state index in [-0.39, 0.29) is 19.1 Å². The molecule has 35 heavy (non-hydrogen) atoms. The lowest BCUT2D eigenvalue weighted by atomic mass is 10.0. The largest absolute Gasteiger partial charge is 0.756 e. The van der Waals surface area contributed by atoms with Gasteiger partial charge >= 0.3 is 0 Å². The van der Waals surface area contributed by atoms with Crippen molar-refractivity contribution in [2.24, 2.45) is 0 Å². The molecule has 0 bridgehead atoms. The maximum atomic E-state index is 12.1. The summed E-state index contributed by atoms with van der Waals surface area (Å²) in [6.07, 6.45) is 19.4. The number of hydrogen-bond acceptors (Lipinski definition) is 6. The number of hydrogen-bond donors (Lipinski definition) is 2. The summed E-state index contributed by atoms with van der Waals surface area (Å²) in [4.78, 5) is 23.9. The molecule has 0 aromatic carbocycles. The third-order valence-corrected chi connectivity index (χ3v) is 7.00. The number of nitrogens with one attached hydrogen (secondary N) is 1. The summed E-state index contributed by atoms with van der Waals surface area (Å²) < 4.78 is 22.1. The lowest BCUT2D eigenvalue weighted by Gasteiger charge is -2.28. The van der Waals surface area contributed by atoms with Gasteiger partial charge in [-0.2, -0.15) is 0 Å². The topological polar surface area (TPSA) is 108 Å². The molecule has 9 heteroatoms. The van der Waals surface area contributed by atoms with Crippen LogP contribution >= 0.6 is 7.82 Å². The van der Waals surface area contributed by atoms with E-state index in [4.69, 9.17) is 9.05 Å². The number of amides is 1. The van der Waals surface area contributed by atoms with Crippen LogP contribution in [0.5, 0.6) is 0 Å². The quantitative estimate of drug-likeness (QED) is 0.1000. The number of aliphatic hydroxyl groups is 1. The Bertz CT molecular complexity index is 556. The van der Waals surface area contributed by atoms with Gasteiger partial charge in [0.2, 0.25) is 5.91 Å². The zero-order valence-electron chi connectivity index (χ0n) is 23.1. The van der Waals surface area contributed by atoms with Crippen LogP contribution in [0.25, 0.3) is 0 Å². The number of aliphatic hydroxyl groups excluding tert-OH is 1. The third kappa shape index (κ3) is 25.0. The highest BCUT2D eigenvalue weighted by Crippen LogP contribution is 2.38. The first kappa shape index (κ1) is 34.5. The highest BCUT2D eigenvalue weighted by atomic mass is 31.2. The number of quaternary nitrogens is 1. The average Bonchev–Trinajstić information content (AvgIpc) is 2.78. The molecule has 0 aromatic rings. The molecule has 0 aliphatic heterocycles. The van der Waals surface area contributed by atoms with E-state index in [9.17, 15) is 19.4 Å². The van der Waals surface area contributed by atoms with Crippen molar-refractivity contribution in [3.63, 3.8) is 0 Å². The number of rotatable bonds is 25. The maximum absolute atomic E-state index is 12.1. The number of unbranched alkanes of at least 4 members (excludes halogenated alkanes) is 14. The number of phosphoric ester groups is 1. The number of carbonyl (C=O) groups is 1. The summed E-state index contributed by atoms with van der Waals surface area (Å²) in [6, 6.07) is -0.775. The molecule has 1 unspecified atom stereocenters. The van der Waals surface area contributed by atoms with Gasteiger partial charge in [-0.05, 0) is 6.42 Å². The predicted molar refractivity (Wildman–Crippen MR) is 141 cm³/mol. The van der Waals surface area contributed by atoms with Gasteiger partial charge < -0.3 is 28.8 Å². The lowest BCUT2D eigenvalue weighted by Crippen LogP contribution is -2.41. The van der Waals surface area contributed by atoms with E-state index in [0.717, 1.165) is 19.3 Å². The first-order valence-electron chi connectivity index (χ1n) is 13.9. The standard InChI is InChI=1S/C26H55N2O6P/c1-5-6-7-8-9-10-11-12-13-14-15-16-17-18-19-20-26(30)27-25(23-29)24-34-35(31,32)33-22-21-28(2,3)4/h25,29H,5-24H2,1-4H3,(H-,27,30,31,32)/t25-/m0/s1. The number of nitrogens with zero attached hydrogens (tertiary/aromatic N) is 1. The molecule has 0 aromatic heterocycles. The van der Waals surface area contributed by atoms with Crippen molar-refractivity contribution < 1.29 is 32.9 Å². The summed E-state index contributed by atoms with van der Waals surface area (Å²) in [5.74, 6) is -0.200. The van der Waals surface area contributed by atoms with Crippen LogP contribution < -0.4 is 10.2 Å². The highest BCUT2D eigenvalue weighted by molar-refractivity contribution is 7.45. The molecule has 2 N–H and O–H groups in total. The van der Waals surface area contributed by atoms with Crippen molar-refractivity contribution in [3.8, 4) is 0 Å². The van der Waals surface area contributed by atoms with E-state index < -0.39 is 20.5 Å². The van der Waals surface area contributed by atoms with Crippen molar-refractivity contribution in [1.29, 1.82) is 0 Å². The van der Waals surface area contributed by atoms with E-state index in [0.29, 0.717) is 17.4 Å². The molecular weight excluding hydrogens is 467 g/mol. The fraction of sp³-hybridized carbons (Fsp3) is 0.962. The summed E-state index contributed by atoms with van der Waals surface area (Å²) >= 11 is 0. The van der Waals surface area contributed by atoms with Gasteiger partial charge in [0, 0.05) is 6.42 Å². The SMILES string of the molecule is CCCCCCCCCCCCCCCCCC(=O)N[C@@H](CO)COP(=O)([O-])OCC[N+](C)(C)C. The van der Waals surface area contributed by atoms with Crippen molar-refractivity contribution in [2.45, 2.75) is 116 Å². The van der Waals surface area contributed by atoms with Crippen molar-refractivity contribution >= 4 is 13.7 Å². The Morgan fingerprint density at radius 1 is 0.857 bits per heavy atom. The molecule has 1 amide bonds. The Labute approximate surface area is 215 Å². The monoisotopic (exact) mass is 522 g/mol. The zero-order valence-corrected chi connectivity index (χ0v) is 24.0. The molecule has 2 atom stereocenters. The molecule has 210 valence electrons. The predicted octanol–water partition coefficient (Wildman–Crippen LogP) is 4.93. The van der Waals surface area contributed by atoms with Crippen LogP contribution in [0.1, 0.15) is 110 Å². The van der Waals surface area contributed by atoms with Gasteiger partial charge in [-0.3, -0.25) is 9.36 Å². The van der Waals surface area contributed by atoms with E-state index >= 15 is 0 Å². The summed E-state index contributed by atoms with van der Waals surface area (Å²) in [5.41, 5.74) is 0. The summed E-state index contributed by atoms with van der Waals surface area (Å²) in [7, 11) is 1.31.